The van der Waals surface area contributed by atoms with Gasteiger partial charge in [0, 0.05) is 48.9 Å². The van der Waals surface area contributed by atoms with Crippen LogP contribution in [0.1, 0.15) is 39.0 Å². The fraction of sp³-hybridized carbons (Fsp3) is 0.282. The van der Waals surface area contributed by atoms with Crippen LogP contribution in [-0.4, -0.2) is 63.1 Å². The van der Waals surface area contributed by atoms with Crippen LogP contribution in [0.4, 0.5) is 11.4 Å². The lowest BCUT2D eigenvalue weighted by Crippen LogP contribution is -2.47. The van der Waals surface area contributed by atoms with Crippen molar-refractivity contribution in [2.24, 2.45) is 0 Å². The Morgan fingerprint density at radius 1 is 0.915 bits per heavy atom. The van der Waals surface area contributed by atoms with Gasteiger partial charge in [0.15, 0.2) is 0 Å². The third kappa shape index (κ3) is 7.89. The molecule has 1 saturated heterocycles. The second-order valence-electron chi connectivity index (χ2n) is 12.2. The molecule has 0 radical (unpaired) electrons. The predicted octanol–water partition coefficient (Wildman–Crippen LogP) is 6.93. The molecule has 1 fully saturated rings. The topological polar surface area (TPSA) is 65.1 Å². The van der Waals surface area contributed by atoms with Crippen LogP contribution in [0, 0.1) is 13.8 Å². The maximum Gasteiger partial charge on any atom is 0.265 e. The maximum absolute atomic E-state index is 13.8. The van der Waals surface area contributed by atoms with Crippen molar-refractivity contribution in [2.75, 3.05) is 56.2 Å². The van der Waals surface area contributed by atoms with Gasteiger partial charge in [-0.05, 0) is 98.1 Å². The van der Waals surface area contributed by atoms with Gasteiger partial charge >= 0.3 is 0 Å². The van der Waals surface area contributed by atoms with Crippen LogP contribution in [0.15, 0.2) is 101 Å². The lowest BCUT2D eigenvalue weighted by atomic mass is 10.0. The number of hydrogen-bond donors (Lipinski definition) is 1. The third-order valence-corrected chi connectivity index (χ3v) is 9.96. The average Bonchev–Trinajstić information content (AvgIpc) is 3.10. The number of thioether (sulfide) groups is 1. The summed E-state index contributed by atoms with van der Waals surface area (Å²) in [5.41, 5.74) is 7.15. The largest absolute Gasteiger partial charge is 0.497 e. The minimum atomic E-state index is -0.0785. The highest BCUT2D eigenvalue weighted by Crippen LogP contribution is 2.42. The molecule has 0 aliphatic carbocycles. The number of carbonyl (C=O) groups is 2. The molecule has 2 aliphatic heterocycles. The molecule has 6 rings (SSSR count). The number of para-hydroxylation sites is 1. The van der Waals surface area contributed by atoms with E-state index >= 15 is 0 Å². The number of anilines is 2. The Morgan fingerprint density at radius 3 is 2.40 bits per heavy atom. The van der Waals surface area contributed by atoms with Gasteiger partial charge in [0.05, 0.1) is 24.2 Å². The highest BCUT2D eigenvalue weighted by molar-refractivity contribution is 8.04. The maximum atomic E-state index is 13.8. The molecule has 2 aliphatic rings. The van der Waals surface area contributed by atoms with E-state index in [2.05, 4.69) is 65.4 Å². The van der Waals surface area contributed by atoms with Gasteiger partial charge in [-0.2, -0.15) is 0 Å². The molecule has 47 heavy (non-hydrogen) atoms. The molecule has 0 saturated carbocycles. The van der Waals surface area contributed by atoms with E-state index in [0.717, 1.165) is 66.6 Å². The first-order valence-corrected chi connectivity index (χ1v) is 17.1. The van der Waals surface area contributed by atoms with Crippen LogP contribution >= 0.6 is 11.8 Å². The van der Waals surface area contributed by atoms with Crippen LogP contribution in [0.3, 0.4) is 0 Å². The second-order valence-corrected chi connectivity index (χ2v) is 13.2. The molecule has 0 unspecified atom stereocenters. The van der Waals surface area contributed by atoms with E-state index in [9.17, 15) is 9.59 Å². The average molecular weight is 647 g/mol. The van der Waals surface area contributed by atoms with E-state index in [1.54, 1.807) is 7.11 Å². The Kier molecular flexibility index (Phi) is 10.3. The van der Waals surface area contributed by atoms with Gasteiger partial charge in [-0.25, -0.2) is 0 Å². The predicted molar refractivity (Wildman–Crippen MR) is 192 cm³/mol. The summed E-state index contributed by atoms with van der Waals surface area (Å²) >= 11 is 1.50. The molecule has 1 N–H and O–H groups in total. The Labute approximate surface area is 282 Å². The highest BCUT2D eigenvalue weighted by Gasteiger charge is 2.29. The van der Waals surface area contributed by atoms with Crippen molar-refractivity contribution in [3.8, 4) is 5.75 Å². The normalized spacial score (nSPS) is 15.9. The molecule has 0 bridgehead atoms. The molecule has 7 nitrogen and oxygen atoms in total. The molecule has 2 heterocycles. The molecule has 242 valence electrons. The molecule has 2 amide bonds. The Hall–Kier alpha value is -4.53. The summed E-state index contributed by atoms with van der Waals surface area (Å²) in [4.78, 5) is 35.1. The molecule has 4 aromatic carbocycles. The number of fused-ring (bicyclic) bond motifs is 1. The molecule has 4 aromatic rings. The van der Waals surface area contributed by atoms with Crippen LogP contribution in [0.25, 0.3) is 6.08 Å². The molecule has 8 heteroatoms. The van der Waals surface area contributed by atoms with Crippen molar-refractivity contribution < 1.29 is 14.3 Å². The summed E-state index contributed by atoms with van der Waals surface area (Å²) in [5, 5.41) is 3.07. The second kappa shape index (κ2) is 14.9. The van der Waals surface area contributed by atoms with Gasteiger partial charge in [-0.1, -0.05) is 59.8 Å². The van der Waals surface area contributed by atoms with Crippen LogP contribution in [-0.2, 0) is 11.3 Å². The summed E-state index contributed by atoms with van der Waals surface area (Å²) in [5.74, 6) is 0.782. The van der Waals surface area contributed by atoms with E-state index < -0.39 is 0 Å². The molecular weight excluding hydrogens is 605 g/mol. The summed E-state index contributed by atoms with van der Waals surface area (Å²) in [6, 6.07) is 30.2. The van der Waals surface area contributed by atoms with E-state index in [0.29, 0.717) is 23.6 Å². The van der Waals surface area contributed by atoms with Crippen molar-refractivity contribution in [3.05, 3.63) is 124 Å². The van der Waals surface area contributed by atoms with Crippen molar-refractivity contribution in [1.29, 1.82) is 0 Å². The lowest BCUT2D eigenvalue weighted by molar-refractivity contribution is -0.114. The monoisotopic (exact) mass is 646 g/mol. The zero-order chi connectivity index (χ0) is 32.8. The van der Waals surface area contributed by atoms with Crippen molar-refractivity contribution in [3.63, 3.8) is 0 Å². The third-order valence-electron chi connectivity index (χ3n) is 8.88. The molecular formula is C39H42N4O3S. The standard InChI is InChI=1S/C39H42N4O3S/c1-28-9-10-29(2)32(25-28)27-43-35-7-4-5-8-36(35)47-37(39(43)45)26-30-11-13-31(14-12-30)38(44)40-19-6-20-41-21-23-42(24-22-41)33-15-17-34(46-3)18-16-33/h4-5,7-18,25-26H,6,19-24,27H2,1-3H3,(H,40,44)/b37-26-. The van der Waals surface area contributed by atoms with Gasteiger partial charge in [0.25, 0.3) is 11.8 Å². The first-order valence-electron chi connectivity index (χ1n) is 16.2. The van der Waals surface area contributed by atoms with E-state index in [1.165, 1.54) is 28.6 Å². The lowest BCUT2D eigenvalue weighted by Gasteiger charge is -2.36. The number of ether oxygens (including phenoxy) is 1. The van der Waals surface area contributed by atoms with Gasteiger partial charge in [-0.15, -0.1) is 0 Å². The van der Waals surface area contributed by atoms with Gasteiger partial charge in [0.2, 0.25) is 0 Å². The smallest absolute Gasteiger partial charge is 0.265 e. The highest BCUT2D eigenvalue weighted by atomic mass is 32.2. The van der Waals surface area contributed by atoms with Gasteiger partial charge in [-0.3, -0.25) is 14.5 Å². The van der Waals surface area contributed by atoms with Crippen LogP contribution in [0.2, 0.25) is 0 Å². The number of amides is 2. The summed E-state index contributed by atoms with van der Waals surface area (Å²) in [7, 11) is 1.69. The van der Waals surface area contributed by atoms with Crippen molar-refractivity contribution >= 4 is 41.0 Å². The Morgan fingerprint density at radius 2 is 1.66 bits per heavy atom. The number of piperazine rings is 1. The number of methoxy groups -OCH3 is 1. The number of nitrogens with one attached hydrogen (secondary N) is 1. The number of aryl methyl sites for hydroxylation is 2. The van der Waals surface area contributed by atoms with Gasteiger partial charge in [0.1, 0.15) is 5.75 Å². The summed E-state index contributed by atoms with van der Waals surface area (Å²) in [6.07, 6.45) is 2.83. The summed E-state index contributed by atoms with van der Waals surface area (Å²) < 4.78 is 5.27. The minimum absolute atomic E-state index is 0.0152. The van der Waals surface area contributed by atoms with E-state index in [1.807, 2.05) is 65.6 Å². The summed E-state index contributed by atoms with van der Waals surface area (Å²) in [6.45, 7) is 10.3. The Bertz CT molecular complexity index is 1750. The molecule has 0 atom stereocenters. The van der Waals surface area contributed by atoms with Crippen molar-refractivity contribution in [1.82, 2.24) is 10.2 Å². The van der Waals surface area contributed by atoms with Crippen LogP contribution in [0.5, 0.6) is 5.75 Å². The first-order chi connectivity index (χ1) is 22.9. The van der Waals surface area contributed by atoms with Crippen LogP contribution < -0.4 is 19.9 Å². The zero-order valence-corrected chi connectivity index (χ0v) is 28.2. The van der Waals surface area contributed by atoms with Gasteiger partial charge < -0.3 is 19.9 Å². The first kappa shape index (κ1) is 32.4. The quantitative estimate of drug-likeness (QED) is 0.149. The van der Waals surface area contributed by atoms with E-state index in [4.69, 9.17) is 4.74 Å². The number of hydrogen-bond acceptors (Lipinski definition) is 6. The minimum Gasteiger partial charge on any atom is -0.497 e. The molecule has 0 aromatic heterocycles. The Balaban J connectivity index is 1.01. The zero-order valence-electron chi connectivity index (χ0n) is 27.4. The van der Waals surface area contributed by atoms with E-state index in [-0.39, 0.29) is 11.8 Å². The van der Waals surface area contributed by atoms with Crippen molar-refractivity contribution in [2.45, 2.75) is 31.7 Å². The number of benzene rings is 4. The number of nitrogens with zero attached hydrogens (tertiary/aromatic N) is 3. The fourth-order valence-electron chi connectivity index (χ4n) is 6.07. The number of rotatable bonds is 10. The number of carbonyl (C=O) groups excluding carboxylic acids is 2. The fourth-order valence-corrected chi connectivity index (χ4v) is 7.13. The SMILES string of the molecule is COc1ccc(N2CCN(CCCNC(=O)c3ccc(/C=C4\Sc5ccccc5N(Cc5cc(C)ccc5C)C4=O)cc3)CC2)cc1. The molecule has 0 spiro atoms.